The molecule has 0 aromatic heterocycles. The SMILES string of the molecule is CC(N)C#CCOc1ccc(S(=O)(=O)N2CC(C)OC(C)(C)C2C(=O)NO)cc1. The zero-order chi connectivity index (χ0) is 21.8. The number of benzene rings is 1. The molecule has 10 heteroatoms. The molecule has 3 unspecified atom stereocenters. The van der Waals surface area contributed by atoms with Gasteiger partial charge in [-0.1, -0.05) is 11.8 Å². The Morgan fingerprint density at radius 2 is 2.07 bits per heavy atom. The summed E-state index contributed by atoms with van der Waals surface area (Å²) < 4.78 is 38.7. The monoisotopic (exact) mass is 425 g/mol. The van der Waals surface area contributed by atoms with Crippen LogP contribution < -0.4 is 16.0 Å². The molecule has 0 saturated carbocycles. The van der Waals surface area contributed by atoms with E-state index in [1.807, 2.05) is 0 Å². The molecule has 1 saturated heterocycles. The molecule has 1 aliphatic rings. The maximum atomic E-state index is 13.2. The van der Waals surface area contributed by atoms with Crippen molar-refractivity contribution >= 4 is 15.9 Å². The highest BCUT2D eigenvalue weighted by molar-refractivity contribution is 7.89. The van der Waals surface area contributed by atoms with Gasteiger partial charge in [0, 0.05) is 6.54 Å². The van der Waals surface area contributed by atoms with Crippen LogP contribution in [-0.2, 0) is 19.6 Å². The van der Waals surface area contributed by atoms with E-state index in [-0.39, 0.29) is 24.1 Å². The van der Waals surface area contributed by atoms with Gasteiger partial charge in [-0.15, -0.1) is 0 Å². The number of morpholine rings is 1. The molecule has 0 aliphatic carbocycles. The van der Waals surface area contributed by atoms with Crippen LogP contribution in [0.4, 0.5) is 0 Å². The van der Waals surface area contributed by atoms with Gasteiger partial charge in [0.15, 0.2) is 0 Å². The van der Waals surface area contributed by atoms with Gasteiger partial charge in [-0.05, 0) is 52.0 Å². The predicted molar refractivity (Wildman–Crippen MR) is 106 cm³/mol. The lowest BCUT2D eigenvalue weighted by molar-refractivity contribution is -0.167. The van der Waals surface area contributed by atoms with E-state index in [0.29, 0.717) is 5.75 Å². The largest absolute Gasteiger partial charge is 0.481 e. The summed E-state index contributed by atoms with van der Waals surface area (Å²) in [5, 5.41) is 9.10. The van der Waals surface area contributed by atoms with Crippen molar-refractivity contribution in [3.05, 3.63) is 24.3 Å². The number of nitrogens with two attached hydrogens (primary N) is 1. The second-order valence-corrected chi connectivity index (χ2v) is 9.25. The second kappa shape index (κ2) is 9.11. The fourth-order valence-electron chi connectivity index (χ4n) is 3.24. The predicted octanol–water partition coefficient (Wildman–Crippen LogP) is 0.478. The van der Waals surface area contributed by atoms with E-state index in [4.69, 9.17) is 20.4 Å². The van der Waals surface area contributed by atoms with Crippen molar-refractivity contribution in [1.82, 2.24) is 9.79 Å². The number of nitrogens with one attached hydrogen (secondary N) is 1. The molecule has 0 spiro atoms. The average Bonchev–Trinajstić information content (AvgIpc) is 2.63. The van der Waals surface area contributed by atoms with E-state index >= 15 is 0 Å². The number of nitrogens with zero attached hydrogens (tertiary/aromatic N) is 1. The van der Waals surface area contributed by atoms with Gasteiger partial charge in [-0.2, -0.15) is 4.31 Å². The van der Waals surface area contributed by atoms with Crippen LogP contribution in [0, 0.1) is 11.8 Å². The highest BCUT2D eigenvalue weighted by atomic mass is 32.2. The standard InChI is InChI=1S/C19H27N3O6S/c1-13(20)6-5-11-27-15-7-9-16(10-8-15)29(25,26)22-12-14(2)28-19(3,4)17(22)18(23)21-24/h7-10,13-14,17,24H,11-12,20H2,1-4H3,(H,21,23). The maximum absolute atomic E-state index is 13.2. The lowest BCUT2D eigenvalue weighted by Crippen LogP contribution is -2.65. The van der Waals surface area contributed by atoms with Crippen molar-refractivity contribution in [2.24, 2.45) is 5.73 Å². The van der Waals surface area contributed by atoms with Gasteiger partial charge in [0.1, 0.15) is 18.4 Å². The van der Waals surface area contributed by atoms with Crippen molar-refractivity contribution in [3.8, 4) is 17.6 Å². The minimum atomic E-state index is -4.04. The summed E-state index contributed by atoms with van der Waals surface area (Å²) in [6, 6.07) is 4.32. The quantitative estimate of drug-likeness (QED) is 0.355. The number of carbonyl (C=O) groups is 1. The van der Waals surface area contributed by atoms with E-state index in [2.05, 4.69) is 11.8 Å². The Hall–Kier alpha value is -2.16. The Labute approximate surface area is 171 Å². The molecule has 9 nitrogen and oxygen atoms in total. The average molecular weight is 426 g/mol. The Morgan fingerprint density at radius 3 is 2.62 bits per heavy atom. The molecule has 29 heavy (non-hydrogen) atoms. The van der Waals surface area contributed by atoms with E-state index < -0.39 is 33.7 Å². The summed E-state index contributed by atoms with van der Waals surface area (Å²) in [7, 11) is -4.04. The zero-order valence-electron chi connectivity index (χ0n) is 16.9. The number of hydroxylamine groups is 1. The summed E-state index contributed by atoms with van der Waals surface area (Å²) >= 11 is 0. The third-order valence-electron chi connectivity index (χ3n) is 4.32. The van der Waals surface area contributed by atoms with Crippen molar-refractivity contribution < 1.29 is 27.9 Å². The van der Waals surface area contributed by atoms with E-state index in [9.17, 15) is 13.2 Å². The number of amides is 1. The summed E-state index contributed by atoms with van der Waals surface area (Å²) in [6.07, 6.45) is -0.436. The molecule has 3 atom stereocenters. The first kappa shape index (κ1) is 23.1. The number of hydrogen-bond acceptors (Lipinski definition) is 7. The molecule has 1 amide bonds. The van der Waals surface area contributed by atoms with Crippen LogP contribution in [0.1, 0.15) is 27.7 Å². The molecule has 1 fully saturated rings. The zero-order valence-corrected chi connectivity index (χ0v) is 17.7. The number of ether oxygens (including phenoxy) is 2. The summed E-state index contributed by atoms with van der Waals surface area (Å²) in [4.78, 5) is 12.2. The van der Waals surface area contributed by atoms with Crippen LogP contribution in [0.5, 0.6) is 5.75 Å². The van der Waals surface area contributed by atoms with E-state index in [1.165, 1.54) is 29.7 Å². The summed E-state index contributed by atoms with van der Waals surface area (Å²) in [6.45, 7) is 6.77. The van der Waals surface area contributed by atoms with Gasteiger partial charge in [-0.25, -0.2) is 13.9 Å². The van der Waals surface area contributed by atoms with Crippen LogP contribution in [0.3, 0.4) is 0 Å². The maximum Gasteiger partial charge on any atom is 0.264 e. The molecule has 0 bridgehead atoms. The van der Waals surface area contributed by atoms with Gasteiger partial charge >= 0.3 is 0 Å². The fourth-order valence-corrected chi connectivity index (χ4v) is 5.02. The van der Waals surface area contributed by atoms with Gasteiger partial charge < -0.3 is 15.2 Å². The van der Waals surface area contributed by atoms with Crippen molar-refractivity contribution in [1.29, 1.82) is 0 Å². The highest BCUT2D eigenvalue weighted by Crippen LogP contribution is 2.33. The molecular weight excluding hydrogens is 398 g/mol. The lowest BCUT2D eigenvalue weighted by atomic mass is 9.95. The second-order valence-electron chi connectivity index (χ2n) is 7.36. The summed E-state index contributed by atoms with van der Waals surface area (Å²) in [5.41, 5.74) is 5.93. The molecule has 1 aromatic rings. The van der Waals surface area contributed by atoms with E-state index in [0.717, 1.165) is 4.31 Å². The van der Waals surface area contributed by atoms with Gasteiger partial charge in [0.05, 0.1) is 22.6 Å². The normalized spacial score (nSPS) is 22.8. The van der Waals surface area contributed by atoms with Gasteiger partial charge in [0.25, 0.3) is 5.91 Å². The fraction of sp³-hybridized carbons (Fsp3) is 0.526. The van der Waals surface area contributed by atoms with Crippen LogP contribution >= 0.6 is 0 Å². The van der Waals surface area contributed by atoms with E-state index in [1.54, 1.807) is 27.7 Å². The first-order valence-corrected chi connectivity index (χ1v) is 10.5. The number of carbonyl (C=O) groups excluding carboxylic acids is 1. The Bertz CT molecular complexity index is 887. The van der Waals surface area contributed by atoms with Crippen LogP contribution in [0.2, 0.25) is 0 Å². The lowest BCUT2D eigenvalue weighted by Gasteiger charge is -2.46. The molecule has 1 aromatic carbocycles. The number of hydrogen-bond donors (Lipinski definition) is 3. The van der Waals surface area contributed by atoms with Crippen molar-refractivity contribution in [3.63, 3.8) is 0 Å². The topological polar surface area (TPSA) is 131 Å². The minimum Gasteiger partial charge on any atom is -0.481 e. The minimum absolute atomic E-state index is 0.00726. The van der Waals surface area contributed by atoms with Gasteiger partial charge in [-0.3, -0.25) is 10.0 Å². The Balaban J connectivity index is 2.28. The molecule has 0 radical (unpaired) electrons. The molecule has 1 heterocycles. The molecule has 160 valence electrons. The summed E-state index contributed by atoms with van der Waals surface area (Å²) in [5.74, 6) is 5.10. The number of sulfonamides is 1. The third-order valence-corrected chi connectivity index (χ3v) is 6.16. The Morgan fingerprint density at radius 1 is 1.45 bits per heavy atom. The molecule has 4 N–H and O–H groups in total. The molecule has 1 aliphatic heterocycles. The molecule has 2 rings (SSSR count). The van der Waals surface area contributed by atoms with Crippen LogP contribution in [-0.4, -0.2) is 60.8 Å². The smallest absolute Gasteiger partial charge is 0.264 e. The van der Waals surface area contributed by atoms with Crippen LogP contribution in [0.25, 0.3) is 0 Å². The first-order valence-electron chi connectivity index (χ1n) is 9.09. The van der Waals surface area contributed by atoms with Crippen molar-refractivity contribution in [2.45, 2.75) is 56.4 Å². The van der Waals surface area contributed by atoms with Crippen molar-refractivity contribution in [2.75, 3.05) is 13.2 Å². The number of rotatable bonds is 5. The third kappa shape index (κ3) is 5.46. The van der Waals surface area contributed by atoms with Gasteiger partial charge in [0.2, 0.25) is 10.0 Å². The van der Waals surface area contributed by atoms with Crippen LogP contribution in [0.15, 0.2) is 29.2 Å². The Kier molecular flexibility index (Phi) is 7.26. The first-order chi connectivity index (χ1) is 13.5. The molecular formula is C19H27N3O6S. The highest BCUT2D eigenvalue weighted by Gasteiger charge is 2.50.